The summed E-state index contributed by atoms with van der Waals surface area (Å²) in [5.74, 6) is 0.689. The molecule has 0 bridgehead atoms. The predicted octanol–water partition coefficient (Wildman–Crippen LogP) is 2.66. The fourth-order valence-corrected chi connectivity index (χ4v) is 4.18. The Hall–Kier alpha value is -0.620. The van der Waals surface area contributed by atoms with Crippen molar-refractivity contribution < 1.29 is 8.42 Å². The summed E-state index contributed by atoms with van der Waals surface area (Å²) < 4.78 is 27.4. The minimum absolute atomic E-state index is 0.0316. The lowest BCUT2D eigenvalue weighted by atomic mass is 9.88. The zero-order valence-corrected chi connectivity index (χ0v) is 13.2. The summed E-state index contributed by atoms with van der Waals surface area (Å²) >= 11 is 6.03. The van der Waals surface area contributed by atoms with Gasteiger partial charge in [-0.25, -0.2) is 13.1 Å². The number of sulfonamides is 1. The molecule has 4 nitrogen and oxygen atoms in total. The van der Waals surface area contributed by atoms with Gasteiger partial charge in [-0.3, -0.25) is 0 Å². The van der Waals surface area contributed by atoms with Gasteiger partial charge < -0.3 is 5.73 Å². The Bertz CT molecular complexity index is 567. The van der Waals surface area contributed by atoms with Crippen molar-refractivity contribution in [2.24, 2.45) is 11.7 Å². The highest BCUT2D eigenvalue weighted by molar-refractivity contribution is 7.89. The van der Waals surface area contributed by atoms with Gasteiger partial charge in [0.2, 0.25) is 10.0 Å². The smallest absolute Gasteiger partial charge is 0.240 e. The molecule has 0 heterocycles. The number of hydrogen-bond donors (Lipinski definition) is 2. The van der Waals surface area contributed by atoms with E-state index in [1.807, 2.05) is 0 Å². The first-order valence-electron chi connectivity index (χ1n) is 6.93. The highest BCUT2D eigenvalue weighted by Crippen LogP contribution is 2.26. The largest absolute Gasteiger partial charge is 0.326 e. The number of nitrogens with two attached hydrogens (primary N) is 1. The Morgan fingerprint density at radius 2 is 1.95 bits per heavy atom. The second-order valence-electron chi connectivity index (χ2n) is 5.54. The van der Waals surface area contributed by atoms with Gasteiger partial charge in [-0.05, 0) is 49.3 Å². The van der Waals surface area contributed by atoms with Crippen LogP contribution in [0.5, 0.6) is 0 Å². The number of nitrogens with one attached hydrogen (secondary N) is 1. The van der Waals surface area contributed by atoms with Crippen LogP contribution >= 0.6 is 11.6 Å². The fourth-order valence-electron chi connectivity index (χ4n) is 2.53. The maximum atomic E-state index is 12.3. The van der Waals surface area contributed by atoms with Crippen molar-refractivity contribution in [3.63, 3.8) is 0 Å². The monoisotopic (exact) mass is 316 g/mol. The average Bonchev–Trinajstić information content (AvgIpc) is 2.41. The van der Waals surface area contributed by atoms with Crippen LogP contribution in [0.1, 0.15) is 38.2 Å². The van der Waals surface area contributed by atoms with Gasteiger partial charge in [0.1, 0.15) is 0 Å². The zero-order chi connectivity index (χ0) is 14.8. The van der Waals surface area contributed by atoms with E-state index < -0.39 is 10.0 Å². The van der Waals surface area contributed by atoms with Crippen LogP contribution in [0.2, 0.25) is 5.02 Å². The molecule has 0 spiro atoms. The van der Waals surface area contributed by atoms with E-state index in [0.29, 0.717) is 17.5 Å². The summed E-state index contributed by atoms with van der Waals surface area (Å²) in [6.45, 7) is 2.50. The molecule has 0 atom stereocenters. The van der Waals surface area contributed by atoms with Gasteiger partial charge in [0, 0.05) is 17.6 Å². The van der Waals surface area contributed by atoms with E-state index >= 15 is 0 Å². The van der Waals surface area contributed by atoms with E-state index in [2.05, 4.69) is 11.6 Å². The third-order valence-electron chi connectivity index (χ3n) is 3.89. The van der Waals surface area contributed by atoms with Crippen molar-refractivity contribution in [1.82, 2.24) is 4.72 Å². The Morgan fingerprint density at radius 1 is 1.30 bits per heavy atom. The van der Waals surface area contributed by atoms with Crippen molar-refractivity contribution in [2.75, 3.05) is 0 Å². The maximum absolute atomic E-state index is 12.3. The summed E-state index contributed by atoms with van der Waals surface area (Å²) in [7, 11) is -3.50. The Morgan fingerprint density at radius 3 is 2.50 bits per heavy atom. The van der Waals surface area contributed by atoms with Crippen LogP contribution in [-0.2, 0) is 16.6 Å². The topological polar surface area (TPSA) is 72.2 Å². The first-order valence-corrected chi connectivity index (χ1v) is 8.79. The second kappa shape index (κ2) is 6.43. The van der Waals surface area contributed by atoms with E-state index in [-0.39, 0.29) is 10.9 Å². The molecule has 1 aliphatic carbocycles. The molecule has 0 saturated heterocycles. The van der Waals surface area contributed by atoms with E-state index in [4.69, 9.17) is 17.3 Å². The summed E-state index contributed by atoms with van der Waals surface area (Å²) in [6, 6.07) is 4.73. The van der Waals surface area contributed by atoms with Crippen molar-refractivity contribution in [1.29, 1.82) is 0 Å². The fraction of sp³-hybridized carbons (Fsp3) is 0.571. The number of halogens is 1. The van der Waals surface area contributed by atoms with Crippen molar-refractivity contribution in [3.8, 4) is 0 Å². The molecule has 0 radical (unpaired) electrons. The highest BCUT2D eigenvalue weighted by Gasteiger charge is 2.24. The minimum atomic E-state index is -3.50. The molecular formula is C14H21ClN2O2S. The molecule has 3 N–H and O–H groups in total. The first-order chi connectivity index (χ1) is 9.42. The lowest BCUT2D eigenvalue weighted by Gasteiger charge is -2.26. The van der Waals surface area contributed by atoms with E-state index in [0.717, 1.165) is 31.2 Å². The third kappa shape index (κ3) is 3.73. The van der Waals surface area contributed by atoms with Crippen LogP contribution < -0.4 is 10.5 Å². The van der Waals surface area contributed by atoms with Gasteiger partial charge in [0.05, 0.1) is 4.90 Å². The second-order valence-corrected chi connectivity index (χ2v) is 7.66. The van der Waals surface area contributed by atoms with Crippen LogP contribution in [0.25, 0.3) is 0 Å². The molecule has 112 valence electrons. The van der Waals surface area contributed by atoms with Gasteiger partial charge in [-0.2, -0.15) is 0 Å². The van der Waals surface area contributed by atoms with E-state index in [1.54, 1.807) is 12.1 Å². The molecular weight excluding hydrogens is 296 g/mol. The van der Waals surface area contributed by atoms with Crippen molar-refractivity contribution in [3.05, 3.63) is 28.8 Å². The molecule has 1 fully saturated rings. The van der Waals surface area contributed by atoms with Crippen LogP contribution in [0.3, 0.4) is 0 Å². The van der Waals surface area contributed by atoms with Gasteiger partial charge in [0.15, 0.2) is 0 Å². The molecule has 1 aromatic carbocycles. The van der Waals surface area contributed by atoms with Gasteiger partial charge in [-0.15, -0.1) is 0 Å². The molecule has 6 heteroatoms. The van der Waals surface area contributed by atoms with Crippen molar-refractivity contribution >= 4 is 21.6 Å². The lowest BCUT2D eigenvalue weighted by Crippen LogP contribution is -2.37. The van der Waals surface area contributed by atoms with Gasteiger partial charge >= 0.3 is 0 Å². The molecule has 1 aliphatic rings. The lowest BCUT2D eigenvalue weighted by molar-refractivity contribution is 0.332. The van der Waals surface area contributed by atoms with Gasteiger partial charge in [0.25, 0.3) is 0 Å². The van der Waals surface area contributed by atoms with Crippen LogP contribution in [0.15, 0.2) is 23.1 Å². The zero-order valence-electron chi connectivity index (χ0n) is 11.6. The summed E-state index contributed by atoms with van der Waals surface area (Å²) in [6.07, 6.45) is 3.93. The van der Waals surface area contributed by atoms with Gasteiger partial charge in [-0.1, -0.05) is 24.6 Å². The Balaban J connectivity index is 2.12. The van der Waals surface area contributed by atoms with Crippen molar-refractivity contribution in [2.45, 2.75) is 50.1 Å². The summed E-state index contributed by atoms with van der Waals surface area (Å²) in [4.78, 5) is 0.207. The Kier molecular flexibility index (Phi) is 5.07. The maximum Gasteiger partial charge on any atom is 0.240 e. The average molecular weight is 317 g/mol. The standard InChI is InChI=1S/C14H21ClN2O2S/c1-10-2-5-12(6-3-10)17-20(18,19)13-7-4-11(9-16)14(15)8-13/h4,7-8,10,12,17H,2-3,5-6,9,16H2,1H3. The number of benzene rings is 1. The molecule has 2 rings (SSSR count). The van der Waals surface area contributed by atoms with Crippen LogP contribution in [0, 0.1) is 5.92 Å². The molecule has 0 unspecified atom stereocenters. The van der Waals surface area contributed by atoms with E-state index in [9.17, 15) is 8.42 Å². The minimum Gasteiger partial charge on any atom is -0.326 e. The SMILES string of the molecule is CC1CCC(NS(=O)(=O)c2ccc(CN)c(Cl)c2)CC1. The molecule has 0 aromatic heterocycles. The van der Waals surface area contributed by atoms with Crippen LogP contribution in [-0.4, -0.2) is 14.5 Å². The Labute approximate surface area is 125 Å². The highest BCUT2D eigenvalue weighted by atomic mass is 35.5. The van der Waals surface area contributed by atoms with E-state index in [1.165, 1.54) is 6.07 Å². The molecule has 0 aliphatic heterocycles. The number of hydrogen-bond acceptors (Lipinski definition) is 3. The molecule has 1 aromatic rings. The summed E-state index contributed by atoms with van der Waals surface area (Å²) in [5.41, 5.74) is 6.27. The molecule has 0 amide bonds. The third-order valence-corrected chi connectivity index (χ3v) is 5.76. The molecule has 20 heavy (non-hydrogen) atoms. The van der Waals surface area contributed by atoms with Crippen LogP contribution in [0.4, 0.5) is 0 Å². The quantitative estimate of drug-likeness (QED) is 0.897. The normalized spacial score (nSPS) is 23.8. The summed E-state index contributed by atoms with van der Waals surface area (Å²) in [5, 5.41) is 0.396. The number of rotatable bonds is 4. The first kappa shape index (κ1) is 15.8. The predicted molar refractivity (Wildman–Crippen MR) is 81.1 cm³/mol. The molecule has 1 saturated carbocycles.